The van der Waals surface area contributed by atoms with Crippen LogP contribution in [0.2, 0.25) is 0 Å². The third-order valence-corrected chi connectivity index (χ3v) is 5.34. The Kier molecular flexibility index (Phi) is 6.24. The lowest BCUT2D eigenvalue weighted by atomic mass is 9.84. The van der Waals surface area contributed by atoms with E-state index in [4.69, 9.17) is 5.73 Å². The highest BCUT2D eigenvalue weighted by Crippen LogP contribution is 2.47. The van der Waals surface area contributed by atoms with Gasteiger partial charge in [0.2, 0.25) is 11.8 Å². The van der Waals surface area contributed by atoms with Gasteiger partial charge in [-0.05, 0) is 43.6 Å². The Morgan fingerprint density at radius 1 is 1.21 bits per heavy atom. The summed E-state index contributed by atoms with van der Waals surface area (Å²) in [7, 11) is 0. The molecule has 1 aromatic carbocycles. The number of hydrogen-bond donors (Lipinski definition) is 3. The lowest BCUT2D eigenvalue weighted by Crippen LogP contribution is -2.51. The van der Waals surface area contributed by atoms with Gasteiger partial charge in [-0.25, -0.2) is 0 Å². The van der Waals surface area contributed by atoms with Gasteiger partial charge in [0.15, 0.2) is 0 Å². The van der Waals surface area contributed by atoms with Gasteiger partial charge in [-0.15, -0.1) is 12.4 Å². The Morgan fingerprint density at radius 3 is 2.50 bits per heavy atom. The van der Waals surface area contributed by atoms with Crippen molar-refractivity contribution in [1.29, 1.82) is 0 Å². The van der Waals surface area contributed by atoms with Crippen LogP contribution in [0.5, 0.6) is 0 Å². The minimum atomic E-state index is -0.544. The summed E-state index contributed by atoms with van der Waals surface area (Å²) in [6.45, 7) is 2.19. The molecular formula is C18H26ClN3O2. The Hall–Kier alpha value is -1.59. The van der Waals surface area contributed by atoms with Crippen LogP contribution in [0, 0.1) is 17.8 Å². The number of carbonyl (C=O) groups excluding carboxylic acids is 2. The number of rotatable bonds is 5. The Bertz CT molecular complexity index is 579. The average molecular weight is 352 g/mol. The molecule has 2 saturated carbocycles. The second kappa shape index (κ2) is 7.99. The number of benzene rings is 1. The fourth-order valence-corrected chi connectivity index (χ4v) is 4.04. The fraction of sp³-hybridized carbons (Fsp3) is 0.556. The predicted molar refractivity (Wildman–Crippen MR) is 95.4 cm³/mol. The minimum Gasteiger partial charge on any atom is -0.350 e. The molecule has 6 heteroatoms. The van der Waals surface area contributed by atoms with E-state index in [0.717, 1.165) is 24.8 Å². The lowest BCUT2D eigenvalue weighted by molar-refractivity contribution is -0.132. The maximum atomic E-state index is 12.5. The molecule has 0 spiro atoms. The highest BCUT2D eigenvalue weighted by atomic mass is 35.5. The van der Waals surface area contributed by atoms with Crippen LogP contribution < -0.4 is 16.4 Å². The molecule has 0 heterocycles. The molecule has 5 nitrogen and oxygen atoms in total. The maximum absolute atomic E-state index is 12.5. The van der Waals surface area contributed by atoms with Crippen molar-refractivity contribution in [3.05, 3.63) is 35.9 Å². The molecule has 5 unspecified atom stereocenters. The minimum absolute atomic E-state index is 0. The molecule has 2 fully saturated rings. The molecule has 3 rings (SSSR count). The van der Waals surface area contributed by atoms with Crippen LogP contribution in [0.15, 0.2) is 30.3 Å². The van der Waals surface area contributed by atoms with Crippen molar-refractivity contribution >= 4 is 24.2 Å². The summed E-state index contributed by atoms with van der Waals surface area (Å²) in [5.41, 5.74) is 7.23. The van der Waals surface area contributed by atoms with Gasteiger partial charge in [0.1, 0.15) is 6.04 Å². The van der Waals surface area contributed by atoms with E-state index in [1.54, 1.807) is 6.92 Å². The van der Waals surface area contributed by atoms with Crippen LogP contribution >= 0.6 is 12.4 Å². The van der Waals surface area contributed by atoms with E-state index < -0.39 is 6.04 Å². The molecule has 2 bridgehead atoms. The SMILES string of the molecule is CC(NC(=O)C1C2CCC(C2)C1N)C(=O)NCc1ccccc1.Cl. The number of carbonyl (C=O) groups is 2. The Balaban J connectivity index is 0.00000208. The van der Waals surface area contributed by atoms with Gasteiger partial charge in [-0.2, -0.15) is 0 Å². The van der Waals surface area contributed by atoms with Crippen LogP contribution in [0.3, 0.4) is 0 Å². The van der Waals surface area contributed by atoms with Crippen molar-refractivity contribution in [2.45, 2.75) is 44.8 Å². The molecule has 2 amide bonds. The van der Waals surface area contributed by atoms with Gasteiger partial charge >= 0.3 is 0 Å². The quantitative estimate of drug-likeness (QED) is 0.753. The first-order chi connectivity index (χ1) is 11.1. The first-order valence-corrected chi connectivity index (χ1v) is 8.44. The number of hydrogen-bond acceptors (Lipinski definition) is 3. The van der Waals surface area contributed by atoms with Crippen LogP contribution in [-0.2, 0) is 16.1 Å². The number of fused-ring (bicyclic) bond motifs is 2. The summed E-state index contributed by atoms with van der Waals surface area (Å²) in [5, 5.41) is 5.70. The summed E-state index contributed by atoms with van der Waals surface area (Å²) < 4.78 is 0. The third kappa shape index (κ3) is 3.90. The van der Waals surface area contributed by atoms with Gasteiger partial charge in [-0.1, -0.05) is 30.3 Å². The monoisotopic (exact) mass is 351 g/mol. The molecule has 0 aromatic heterocycles. The summed E-state index contributed by atoms with van der Waals surface area (Å²) in [6, 6.07) is 9.13. The molecule has 0 radical (unpaired) electrons. The summed E-state index contributed by atoms with van der Waals surface area (Å²) >= 11 is 0. The van der Waals surface area contributed by atoms with Gasteiger partial charge in [0.05, 0.1) is 5.92 Å². The van der Waals surface area contributed by atoms with Crippen LogP contribution in [0.1, 0.15) is 31.7 Å². The molecule has 0 aliphatic heterocycles. The molecular weight excluding hydrogens is 326 g/mol. The van der Waals surface area contributed by atoms with Crippen LogP contribution in [0.4, 0.5) is 0 Å². The van der Waals surface area contributed by atoms with Gasteiger partial charge in [0, 0.05) is 12.6 Å². The molecule has 132 valence electrons. The van der Waals surface area contributed by atoms with Gasteiger partial charge in [-0.3, -0.25) is 9.59 Å². The molecule has 1 aromatic rings. The standard InChI is InChI=1S/C18H25N3O2.ClH/c1-11(17(22)20-10-12-5-3-2-4-6-12)21-18(23)15-13-7-8-14(9-13)16(15)19;/h2-6,11,13-16H,7-10,19H2,1H3,(H,20,22)(H,21,23);1H. The zero-order chi connectivity index (χ0) is 16.4. The number of amides is 2. The number of nitrogens with one attached hydrogen (secondary N) is 2. The average Bonchev–Trinajstić information content (AvgIpc) is 3.14. The first kappa shape index (κ1) is 18.7. The second-order valence-electron chi connectivity index (χ2n) is 6.87. The highest BCUT2D eigenvalue weighted by Gasteiger charge is 2.49. The van der Waals surface area contributed by atoms with E-state index in [0.29, 0.717) is 18.4 Å². The van der Waals surface area contributed by atoms with Crippen molar-refractivity contribution in [2.24, 2.45) is 23.5 Å². The van der Waals surface area contributed by atoms with Crippen molar-refractivity contribution < 1.29 is 9.59 Å². The molecule has 24 heavy (non-hydrogen) atoms. The molecule has 4 N–H and O–H groups in total. The van der Waals surface area contributed by atoms with Gasteiger partial charge in [0.25, 0.3) is 0 Å². The summed E-state index contributed by atoms with van der Waals surface area (Å²) in [5.74, 6) is 0.525. The fourth-order valence-electron chi connectivity index (χ4n) is 4.04. The number of halogens is 1. The zero-order valence-electron chi connectivity index (χ0n) is 13.9. The maximum Gasteiger partial charge on any atom is 0.242 e. The Morgan fingerprint density at radius 2 is 1.88 bits per heavy atom. The second-order valence-corrected chi connectivity index (χ2v) is 6.87. The summed E-state index contributed by atoms with van der Waals surface area (Å²) in [4.78, 5) is 24.6. The Labute approximate surface area is 149 Å². The van der Waals surface area contributed by atoms with E-state index in [1.807, 2.05) is 30.3 Å². The largest absolute Gasteiger partial charge is 0.350 e. The van der Waals surface area contributed by atoms with Crippen molar-refractivity contribution in [3.8, 4) is 0 Å². The van der Waals surface area contributed by atoms with Crippen molar-refractivity contribution in [2.75, 3.05) is 0 Å². The zero-order valence-corrected chi connectivity index (χ0v) is 14.7. The molecule has 5 atom stereocenters. The highest BCUT2D eigenvalue weighted by molar-refractivity contribution is 5.88. The van der Waals surface area contributed by atoms with E-state index in [9.17, 15) is 9.59 Å². The molecule has 2 aliphatic carbocycles. The molecule has 0 saturated heterocycles. The summed E-state index contributed by atoms with van der Waals surface area (Å²) in [6.07, 6.45) is 3.29. The number of nitrogens with two attached hydrogens (primary N) is 1. The van der Waals surface area contributed by atoms with E-state index in [-0.39, 0.29) is 36.2 Å². The smallest absolute Gasteiger partial charge is 0.242 e. The molecule has 2 aliphatic rings. The van der Waals surface area contributed by atoms with E-state index in [2.05, 4.69) is 10.6 Å². The predicted octanol–water partition coefficient (Wildman–Crippen LogP) is 1.60. The van der Waals surface area contributed by atoms with Gasteiger partial charge < -0.3 is 16.4 Å². The van der Waals surface area contributed by atoms with Crippen LogP contribution in [0.25, 0.3) is 0 Å². The van der Waals surface area contributed by atoms with Crippen molar-refractivity contribution in [1.82, 2.24) is 10.6 Å². The topological polar surface area (TPSA) is 84.2 Å². The lowest BCUT2D eigenvalue weighted by Gasteiger charge is -2.28. The third-order valence-electron chi connectivity index (χ3n) is 5.34. The first-order valence-electron chi connectivity index (χ1n) is 8.44. The van der Waals surface area contributed by atoms with E-state index in [1.165, 1.54) is 0 Å². The van der Waals surface area contributed by atoms with E-state index >= 15 is 0 Å². The van der Waals surface area contributed by atoms with Crippen molar-refractivity contribution in [3.63, 3.8) is 0 Å². The van der Waals surface area contributed by atoms with Crippen LogP contribution in [-0.4, -0.2) is 23.9 Å². The normalized spacial score (nSPS) is 28.8.